The molecule has 1 aromatic carbocycles. The van der Waals surface area contributed by atoms with Crippen LogP contribution in [0.4, 0.5) is 4.39 Å². The first-order valence-corrected chi connectivity index (χ1v) is 5.11. The quantitative estimate of drug-likeness (QED) is 0.764. The van der Waals surface area contributed by atoms with Crippen molar-refractivity contribution in [2.45, 2.75) is 18.8 Å². The molecule has 0 spiro atoms. The molecular formula is C12H13FO2. The van der Waals surface area contributed by atoms with Crippen molar-refractivity contribution >= 4 is 6.29 Å². The van der Waals surface area contributed by atoms with Gasteiger partial charge in [0, 0.05) is 12.5 Å². The molecule has 1 aliphatic carbocycles. The van der Waals surface area contributed by atoms with E-state index >= 15 is 0 Å². The summed E-state index contributed by atoms with van der Waals surface area (Å²) in [4.78, 5) is 10.5. The standard InChI is InChI=1S/C12H13FO2/c13-12-8(4-5-14)2-1-3-10(12)11-6-9(11)7-15/h1-3,7,9,11,14H,4-6H2. The van der Waals surface area contributed by atoms with Crippen LogP contribution in [0.3, 0.4) is 0 Å². The van der Waals surface area contributed by atoms with Crippen LogP contribution in [0.15, 0.2) is 18.2 Å². The van der Waals surface area contributed by atoms with Crippen LogP contribution in [-0.4, -0.2) is 18.0 Å². The largest absolute Gasteiger partial charge is 0.396 e. The summed E-state index contributed by atoms with van der Waals surface area (Å²) in [5.74, 6) is -0.203. The van der Waals surface area contributed by atoms with E-state index < -0.39 is 0 Å². The highest BCUT2D eigenvalue weighted by Gasteiger charge is 2.39. The number of carbonyl (C=O) groups is 1. The number of benzene rings is 1. The van der Waals surface area contributed by atoms with Gasteiger partial charge in [-0.3, -0.25) is 0 Å². The summed E-state index contributed by atoms with van der Waals surface area (Å²) in [5, 5.41) is 8.76. The molecule has 0 radical (unpaired) electrons. The van der Waals surface area contributed by atoms with Gasteiger partial charge in [0.25, 0.3) is 0 Å². The lowest BCUT2D eigenvalue weighted by atomic mass is 10.0. The Morgan fingerprint density at radius 3 is 2.93 bits per heavy atom. The SMILES string of the molecule is O=CC1CC1c1cccc(CCO)c1F. The predicted molar refractivity (Wildman–Crippen MR) is 54.1 cm³/mol. The summed E-state index contributed by atoms with van der Waals surface area (Å²) in [6, 6.07) is 5.18. The molecule has 2 atom stereocenters. The molecular weight excluding hydrogens is 195 g/mol. The van der Waals surface area contributed by atoms with Crippen molar-refractivity contribution in [2.24, 2.45) is 5.92 Å². The van der Waals surface area contributed by atoms with Crippen molar-refractivity contribution in [3.63, 3.8) is 0 Å². The van der Waals surface area contributed by atoms with Gasteiger partial charge in [-0.1, -0.05) is 18.2 Å². The summed E-state index contributed by atoms with van der Waals surface area (Å²) in [5.41, 5.74) is 1.16. The molecule has 15 heavy (non-hydrogen) atoms. The lowest BCUT2D eigenvalue weighted by Gasteiger charge is -2.06. The Balaban J connectivity index is 2.25. The average molecular weight is 208 g/mol. The van der Waals surface area contributed by atoms with Crippen molar-refractivity contribution in [1.82, 2.24) is 0 Å². The molecule has 2 unspecified atom stereocenters. The Bertz CT molecular complexity index is 376. The molecule has 3 heteroatoms. The van der Waals surface area contributed by atoms with E-state index in [0.717, 1.165) is 12.7 Å². The van der Waals surface area contributed by atoms with E-state index in [1.54, 1.807) is 18.2 Å². The van der Waals surface area contributed by atoms with E-state index in [0.29, 0.717) is 17.5 Å². The summed E-state index contributed by atoms with van der Waals surface area (Å²) in [7, 11) is 0. The highest BCUT2D eigenvalue weighted by Crippen LogP contribution is 2.47. The third-order valence-corrected chi connectivity index (χ3v) is 2.90. The molecule has 0 saturated heterocycles. The fourth-order valence-corrected chi connectivity index (χ4v) is 1.92. The summed E-state index contributed by atoms with van der Waals surface area (Å²) < 4.78 is 13.8. The van der Waals surface area contributed by atoms with Gasteiger partial charge in [-0.25, -0.2) is 4.39 Å². The van der Waals surface area contributed by atoms with Gasteiger partial charge < -0.3 is 9.90 Å². The van der Waals surface area contributed by atoms with Crippen LogP contribution in [0.5, 0.6) is 0 Å². The van der Waals surface area contributed by atoms with Crippen molar-refractivity contribution in [3.05, 3.63) is 35.1 Å². The van der Waals surface area contributed by atoms with Crippen LogP contribution in [0.2, 0.25) is 0 Å². The highest BCUT2D eigenvalue weighted by atomic mass is 19.1. The zero-order chi connectivity index (χ0) is 10.8. The van der Waals surface area contributed by atoms with Crippen LogP contribution in [0.1, 0.15) is 23.5 Å². The summed E-state index contributed by atoms with van der Waals surface area (Å²) >= 11 is 0. The monoisotopic (exact) mass is 208 g/mol. The van der Waals surface area contributed by atoms with Gasteiger partial charge in [0.1, 0.15) is 12.1 Å². The Kier molecular flexibility index (Phi) is 2.82. The van der Waals surface area contributed by atoms with E-state index in [2.05, 4.69) is 0 Å². The third kappa shape index (κ3) is 1.92. The number of aliphatic hydroxyl groups is 1. The van der Waals surface area contributed by atoms with Crippen LogP contribution in [-0.2, 0) is 11.2 Å². The first-order chi connectivity index (χ1) is 7.27. The molecule has 1 N–H and O–H groups in total. The minimum atomic E-state index is -0.249. The minimum absolute atomic E-state index is 0.0103. The number of hydrogen-bond acceptors (Lipinski definition) is 2. The molecule has 0 heterocycles. The number of halogens is 1. The number of rotatable bonds is 4. The Morgan fingerprint density at radius 2 is 2.33 bits per heavy atom. The normalized spacial score (nSPS) is 23.9. The predicted octanol–water partition coefficient (Wildman–Crippen LogP) is 1.66. The molecule has 2 rings (SSSR count). The molecule has 0 bridgehead atoms. The highest BCUT2D eigenvalue weighted by molar-refractivity contribution is 5.61. The van der Waals surface area contributed by atoms with Crippen LogP contribution < -0.4 is 0 Å². The number of aldehydes is 1. The number of aliphatic hydroxyl groups excluding tert-OH is 1. The minimum Gasteiger partial charge on any atom is -0.396 e. The molecule has 1 fully saturated rings. The van der Waals surface area contributed by atoms with Crippen LogP contribution in [0, 0.1) is 11.7 Å². The van der Waals surface area contributed by atoms with Gasteiger partial charge in [0.2, 0.25) is 0 Å². The smallest absolute Gasteiger partial charge is 0.129 e. The molecule has 1 saturated carbocycles. The first kappa shape index (κ1) is 10.3. The van der Waals surface area contributed by atoms with E-state index in [1.807, 2.05) is 0 Å². The second-order valence-electron chi connectivity index (χ2n) is 3.94. The van der Waals surface area contributed by atoms with Crippen LogP contribution >= 0.6 is 0 Å². The van der Waals surface area contributed by atoms with Crippen molar-refractivity contribution in [3.8, 4) is 0 Å². The molecule has 2 nitrogen and oxygen atoms in total. The maximum absolute atomic E-state index is 13.8. The van der Waals surface area contributed by atoms with Gasteiger partial charge in [0.05, 0.1) is 0 Å². The zero-order valence-corrected chi connectivity index (χ0v) is 8.32. The topological polar surface area (TPSA) is 37.3 Å². The second kappa shape index (κ2) is 4.11. The van der Waals surface area contributed by atoms with Gasteiger partial charge >= 0.3 is 0 Å². The van der Waals surface area contributed by atoms with Gasteiger partial charge in [-0.15, -0.1) is 0 Å². The maximum Gasteiger partial charge on any atom is 0.129 e. The van der Waals surface area contributed by atoms with Gasteiger partial charge in [-0.05, 0) is 29.9 Å². The molecule has 0 amide bonds. The number of carbonyl (C=O) groups excluding carboxylic acids is 1. The molecule has 0 aromatic heterocycles. The Morgan fingerprint density at radius 1 is 1.53 bits per heavy atom. The lowest BCUT2D eigenvalue weighted by molar-refractivity contribution is -0.108. The fraction of sp³-hybridized carbons (Fsp3) is 0.417. The Labute approximate surface area is 87.7 Å². The fourth-order valence-electron chi connectivity index (χ4n) is 1.92. The maximum atomic E-state index is 13.8. The van der Waals surface area contributed by atoms with E-state index in [-0.39, 0.29) is 24.3 Å². The van der Waals surface area contributed by atoms with E-state index in [9.17, 15) is 9.18 Å². The van der Waals surface area contributed by atoms with Crippen molar-refractivity contribution in [1.29, 1.82) is 0 Å². The lowest BCUT2D eigenvalue weighted by Crippen LogP contribution is -1.99. The van der Waals surface area contributed by atoms with Crippen LogP contribution in [0.25, 0.3) is 0 Å². The first-order valence-electron chi connectivity index (χ1n) is 5.11. The summed E-state index contributed by atoms with van der Waals surface area (Å²) in [6.07, 6.45) is 1.98. The number of hydrogen-bond donors (Lipinski definition) is 1. The molecule has 0 aliphatic heterocycles. The Hall–Kier alpha value is -1.22. The second-order valence-corrected chi connectivity index (χ2v) is 3.94. The van der Waals surface area contributed by atoms with Gasteiger partial charge in [-0.2, -0.15) is 0 Å². The van der Waals surface area contributed by atoms with Crippen molar-refractivity contribution < 1.29 is 14.3 Å². The zero-order valence-electron chi connectivity index (χ0n) is 8.32. The third-order valence-electron chi connectivity index (χ3n) is 2.90. The van der Waals surface area contributed by atoms with Crippen molar-refractivity contribution in [2.75, 3.05) is 6.61 Å². The summed E-state index contributed by atoms with van der Waals surface area (Å²) in [6.45, 7) is -0.0534. The average Bonchev–Trinajstić information content (AvgIpc) is 3.00. The van der Waals surface area contributed by atoms with E-state index in [1.165, 1.54) is 0 Å². The van der Waals surface area contributed by atoms with E-state index in [4.69, 9.17) is 5.11 Å². The molecule has 1 aromatic rings. The molecule has 80 valence electrons. The van der Waals surface area contributed by atoms with Gasteiger partial charge in [0.15, 0.2) is 0 Å². The molecule has 1 aliphatic rings.